The average molecular weight is 248 g/mol. The second-order valence-corrected chi connectivity index (χ2v) is 4.58. The number of aliphatic carboxylic acids is 1. The summed E-state index contributed by atoms with van der Waals surface area (Å²) in [6.45, 7) is 5.17. The monoisotopic (exact) mass is 246 g/mol. The second kappa shape index (κ2) is 5.05. The van der Waals surface area contributed by atoms with Gasteiger partial charge in [0.1, 0.15) is 6.10 Å². The third kappa shape index (κ3) is 4.18. The SMILES string of the molecule is C=C(C(=O)O)C(OCC)C(Cl)(Cl)Cl. The molecule has 0 aromatic heterocycles. The average Bonchev–Trinajstić information content (AvgIpc) is 1.96. The van der Waals surface area contributed by atoms with Crippen molar-refractivity contribution in [1.29, 1.82) is 0 Å². The first-order valence-electron chi connectivity index (χ1n) is 3.41. The third-order valence-electron chi connectivity index (χ3n) is 1.22. The number of halogens is 3. The van der Waals surface area contributed by atoms with Gasteiger partial charge in [0.25, 0.3) is 0 Å². The zero-order valence-electron chi connectivity index (χ0n) is 6.89. The molecule has 3 nitrogen and oxygen atoms in total. The number of carboxylic acid groups (broad SMARTS) is 1. The van der Waals surface area contributed by atoms with Gasteiger partial charge in [0.05, 0.1) is 5.57 Å². The molecule has 0 bridgehead atoms. The van der Waals surface area contributed by atoms with E-state index in [9.17, 15) is 4.79 Å². The van der Waals surface area contributed by atoms with Gasteiger partial charge in [0.15, 0.2) is 0 Å². The molecule has 0 saturated carbocycles. The van der Waals surface area contributed by atoms with Crippen LogP contribution < -0.4 is 0 Å². The van der Waals surface area contributed by atoms with Crippen LogP contribution in [-0.2, 0) is 9.53 Å². The lowest BCUT2D eigenvalue weighted by Gasteiger charge is -2.23. The number of rotatable bonds is 4. The van der Waals surface area contributed by atoms with Crippen LogP contribution in [0.4, 0.5) is 0 Å². The Labute approximate surface area is 91.2 Å². The van der Waals surface area contributed by atoms with Crippen molar-refractivity contribution in [2.75, 3.05) is 6.61 Å². The minimum atomic E-state index is -1.81. The highest BCUT2D eigenvalue weighted by Crippen LogP contribution is 2.35. The maximum Gasteiger partial charge on any atom is 0.333 e. The van der Waals surface area contributed by atoms with Crippen LogP contribution in [0.15, 0.2) is 12.2 Å². The normalized spacial score (nSPS) is 13.8. The number of hydrogen-bond donors (Lipinski definition) is 1. The summed E-state index contributed by atoms with van der Waals surface area (Å²) in [7, 11) is 0. The molecule has 1 N–H and O–H groups in total. The Hall–Kier alpha value is 0.0400. The summed E-state index contributed by atoms with van der Waals surface area (Å²) >= 11 is 16.5. The first-order chi connectivity index (χ1) is 5.80. The fourth-order valence-corrected chi connectivity index (χ4v) is 1.26. The Morgan fingerprint density at radius 1 is 1.62 bits per heavy atom. The molecule has 0 radical (unpaired) electrons. The topological polar surface area (TPSA) is 46.5 Å². The molecule has 13 heavy (non-hydrogen) atoms. The van der Waals surface area contributed by atoms with Crippen molar-refractivity contribution in [3.63, 3.8) is 0 Å². The van der Waals surface area contributed by atoms with Gasteiger partial charge in [-0.05, 0) is 6.92 Å². The van der Waals surface area contributed by atoms with Gasteiger partial charge in [-0.1, -0.05) is 41.4 Å². The highest BCUT2D eigenvalue weighted by Gasteiger charge is 2.37. The summed E-state index contributed by atoms with van der Waals surface area (Å²) in [5, 5.41) is 8.59. The van der Waals surface area contributed by atoms with Crippen molar-refractivity contribution in [1.82, 2.24) is 0 Å². The standard InChI is InChI=1S/C7H9Cl3O3/c1-3-13-5(7(8,9)10)4(2)6(11)12/h5H,2-3H2,1H3,(H,11,12). The first kappa shape index (κ1) is 13.0. The zero-order valence-corrected chi connectivity index (χ0v) is 9.16. The zero-order chi connectivity index (χ0) is 10.6. The summed E-state index contributed by atoms with van der Waals surface area (Å²) in [5.41, 5.74) is -0.276. The molecule has 0 fully saturated rings. The van der Waals surface area contributed by atoms with Gasteiger partial charge in [-0.15, -0.1) is 0 Å². The molecule has 0 saturated heterocycles. The van der Waals surface area contributed by atoms with E-state index in [2.05, 4.69) is 6.58 Å². The van der Waals surface area contributed by atoms with Gasteiger partial charge in [0, 0.05) is 6.61 Å². The quantitative estimate of drug-likeness (QED) is 0.613. The lowest BCUT2D eigenvalue weighted by molar-refractivity contribution is -0.134. The fraction of sp³-hybridized carbons (Fsp3) is 0.571. The molecular weight excluding hydrogens is 238 g/mol. The van der Waals surface area contributed by atoms with Crippen LogP contribution in [0.5, 0.6) is 0 Å². The van der Waals surface area contributed by atoms with Crippen molar-refractivity contribution in [2.24, 2.45) is 0 Å². The van der Waals surface area contributed by atoms with Crippen molar-refractivity contribution in [2.45, 2.75) is 16.8 Å². The van der Waals surface area contributed by atoms with Crippen LogP contribution in [0.2, 0.25) is 0 Å². The third-order valence-corrected chi connectivity index (χ3v) is 1.82. The van der Waals surface area contributed by atoms with Crippen LogP contribution in [0.25, 0.3) is 0 Å². The van der Waals surface area contributed by atoms with Gasteiger partial charge < -0.3 is 9.84 Å². The van der Waals surface area contributed by atoms with E-state index in [0.29, 0.717) is 0 Å². The van der Waals surface area contributed by atoms with Crippen LogP contribution in [0.1, 0.15) is 6.92 Å². The summed E-state index contributed by atoms with van der Waals surface area (Å²) < 4.78 is 3.14. The van der Waals surface area contributed by atoms with Crippen LogP contribution in [0.3, 0.4) is 0 Å². The molecule has 1 atom stereocenters. The Balaban J connectivity index is 4.61. The molecule has 1 unspecified atom stereocenters. The van der Waals surface area contributed by atoms with Gasteiger partial charge in [-0.3, -0.25) is 0 Å². The molecule has 0 heterocycles. The summed E-state index contributed by atoms with van der Waals surface area (Å²) in [6.07, 6.45) is -1.13. The predicted molar refractivity (Wildman–Crippen MR) is 52.5 cm³/mol. The molecule has 0 amide bonds. The van der Waals surface area contributed by atoms with E-state index in [-0.39, 0.29) is 12.2 Å². The molecular formula is C7H9Cl3O3. The summed E-state index contributed by atoms with van der Waals surface area (Å²) in [6, 6.07) is 0. The van der Waals surface area contributed by atoms with Crippen molar-refractivity contribution < 1.29 is 14.6 Å². The summed E-state index contributed by atoms with van der Waals surface area (Å²) in [5.74, 6) is -1.25. The van der Waals surface area contributed by atoms with E-state index >= 15 is 0 Å². The molecule has 0 aromatic rings. The number of carbonyl (C=O) groups is 1. The molecule has 6 heteroatoms. The van der Waals surface area contributed by atoms with Crippen molar-refractivity contribution >= 4 is 40.8 Å². The van der Waals surface area contributed by atoms with E-state index in [0.717, 1.165) is 0 Å². The number of alkyl halides is 3. The molecule has 0 aromatic carbocycles. The maximum atomic E-state index is 10.5. The van der Waals surface area contributed by atoms with Gasteiger partial charge in [-0.25, -0.2) is 4.79 Å². The van der Waals surface area contributed by atoms with Crippen LogP contribution >= 0.6 is 34.8 Å². The number of carboxylic acids is 1. The van der Waals surface area contributed by atoms with E-state index in [1.165, 1.54) is 0 Å². The lowest BCUT2D eigenvalue weighted by Crippen LogP contribution is -2.33. The summed E-state index contributed by atoms with van der Waals surface area (Å²) in [4.78, 5) is 10.5. The smallest absolute Gasteiger partial charge is 0.333 e. The Bertz CT molecular complexity index is 210. The van der Waals surface area contributed by atoms with E-state index < -0.39 is 15.9 Å². The second-order valence-electron chi connectivity index (χ2n) is 2.21. The minimum absolute atomic E-state index is 0.241. The van der Waals surface area contributed by atoms with Crippen molar-refractivity contribution in [3.8, 4) is 0 Å². The number of ether oxygens (including phenoxy) is 1. The molecule has 0 rings (SSSR count). The molecule has 0 spiro atoms. The fourth-order valence-electron chi connectivity index (χ4n) is 0.671. The molecule has 0 aliphatic rings. The van der Waals surface area contributed by atoms with Gasteiger partial charge in [0.2, 0.25) is 3.79 Å². The molecule has 76 valence electrons. The van der Waals surface area contributed by atoms with Gasteiger partial charge >= 0.3 is 5.97 Å². The first-order valence-corrected chi connectivity index (χ1v) is 4.54. The largest absolute Gasteiger partial charge is 0.478 e. The molecule has 0 aliphatic carbocycles. The lowest BCUT2D eigenvalue weighted by atomic mass is 10.2. The van der Waals surface area contributed by atoms with E-state index in [4.69, 9.17) is 44.6 Å². The number of hydrogen-bond acceptors (Lipinski definition) is 2. The Kier molecular flexibility index (Phi) is 5.07. The Morgan fingerprint density at radius 3 is 2.31 bits per heavy atom. The van der Waals surface area contributed by atoms with Crippen LogP contribution in [0, 0.1) is 0 Å². The minimum Gasteiger partial charge on any atom is -0.478 e. The van der Waals surface area contributed by atoms with Gasteiger partial charge in [-0.2, -0.15) is 0 Å². The highest BCUT2D eigenvalue weighted by molar-refractivity contribution is 6.68. The molecule has 0 aliphatic heterocycles. The Morgan fingerprint density at radius 2 is 2.08 bits per heavy atom. The van der Waals surface area contributed by atoms with E-state index in [1.807, 2.05) is 0 Å². The van der Waals surface area contributed by atoms with Crippen LogP contribution in [-0.4, -0.2) is 27.6 Å². The van der Waals surface area contributed by atoms with E-state index in [1.54, 1.807) is 6.92 Å². The predicted octanol–water partition coefficient (Wildman–Crippen LogP) is 2.40. The highest BCUT2D eigenvalue weighted by atomic mass is 35.6. The van der Waals surface area contributed by atoms with Crippen molar-refractivity contribution in [3.05, 3.63) is 12.2 Å². The maximum absolute atomic E-state index is 10.5.